The fraction of sp³-hybridized carbons (Fsp3) is 0. The second kappa shape index (κ2) is 4.28. The third-order valence-corrected chi connectivity index (χ3v) is 3.79. The molecule has 1 N–H and O–H groups in total. The van der Waals surface area contributed by atoms with Crippen molar-refractivity contribution < 1.29 is 0 Å². The SMILES string of the molecule is S=c1[nH]ccn2nc(-c3cccc4ccccc34)cc12. The highest BCUT2D eigenvalue weighted by Gasteiger charge is 2.08. The van der Waals surface area contributed by atoms with Gasteiger partial charge < -0.3 is 4.98 Å². The van der Waals surface area contributed by atoms with E-state index in [-0.39, 0.29) is 0 Å². The lowest BCUT2D eigenvalue weighted by molar-refractivity contribution is 0.947. The largest absolute Gasteiger partial charge is 0.350 e. The van der Waals surface area contributed by atoms with Crippen LogP contribution >= 0.6 is 12.2 Å². The first-order chi connectivity index (χ1) is 9.83. The number of fused-ring (bicyclic) bond motifs is 2. The predicted molar refractivity (Wildman–Crippen MR) is 83.3 cm³/mol. The molecule has 96 valence electrons. The Morgan fingerprint density at radius 1 is 1.05 bits per heavy atom. The van der Waals surface area contributed by atoms with Crippen LogP contribution in [0.3, 0.4) is 0 Å². The average Bonchev–Trinajstić information content (AvgIpc) is 2.92. The van der Waals surface area contributed by atoms with E-state index in [0.29, 0.717) is 4.64 Å². The predicted octanol–water partition coefficient (Wildman–Crippen LogP) is 4.21. The minimum Gasteiger partial charge on any atom is -0.350 e. The fourth-order valence-electron chi connectivity index (χ4n) is 2.52. The number of aromatic amines is 1. The molecule has 0 radical (unpaired) electrons. The van der Waals surface area contributed by atoms with E-state index in [4.69, 9.17) is 12.2 Å². The van der Waals surface area contributed by atoms with E-state index >= 15 is 0 Å². The summed E-state index contributed by atoms with van der Waals surface area (Å²) in [6.07, 6.45) is 3.68. The number of H-pyrrole nitrogens is 1. The summed E-state index contributed by atoms with van der Waals surface area (Å²) >= 11 is 5.30. The molecule has 2 aromatic heterocycles. The van der Waals surface area contributed by atoms with Crippen LogP contribution in [0.15, 0.2) is 60.9 Å². The van der Waals surface area contributed by atoms with Crippen molar-refractivity contribution in [1.29, 1.82) is 0 Å². The van der Waals surface area contributed by atoms with Gasteiger partial charge in [0.2, 0.25) is 0 Å². The van der Waals surface area contributed by atoms with Gasteiger partial charge in [0.1, 0.15) is 10.2 Å². The molecule has 0 atom stereocenters. The number of nitrogens with zero attached hydrogens (tertiary/aromatic N) is 2. The molecule has 4 aromatic rings. The molecule has 0 amide bonds. The quantitative estimate of drug-likeness (QED) is 0.529. The van der Waals surface area contributed by atoms with Gasteiger partial charge >= 0.3 is 0 Å². The fourth-order valence-corrected chi connectivity index (χ4v) is 2.74. The van der Waals surface area contributed by atoms with Gasteiger partial charge in [0, 0.05) is 18.0 Å². The Balaban J connectivity index is 2.06. The van der Waals surface area contributed by atoms with Crippen LogP contribution in [0.5, 0.6) is 0 Å². The van der Waals surface area contributed by atoms with Crippen molar-refractivity contribution in [2.24, 2.45) is 0 Å². The average molecular weight is 277 g/mol. The third-order valence-electron chi connectivity index (χ3n) is 3.46. The van der Waals surface area contributed by atoms with E-state index in [1.165, 1.54) is 10.8 Å². The molecule has 0 unspecified atom stereocenters. The van der Waals surface area contributed by atoms with E-state index in [0.717, 1.165) is 16.8 Å². The normalized spacial score (nSPS) is 11.2. The Morgan fingerprint density at radius 3 is 2.80 bits per heavy atom. The second-order valence-corrected chi connectivity index (χ2v) is 5.08. The van der Waals surface area contributed by atoms with Crippen LogP contribution < -0.4 is 0 Å². The number of hydrogen-bond donors (Lipinski definition) is 1. The van der Waals surface area contributed by atoms with Crippen LogP contribution in [0.25, 0.3) is 27.5 Å². The monoisotopic (exact) mass is 277 g/mol. The molecule has 4 heteroatoms. The highest BCUT2D eigenvalue weighted by molar-refractivity contribution is 7.71. The highest BCUT2D eigenvalue weighted by atomic mass is 32.1. The van der Waals surface area contributed by atoms with Crippen LogP contribution in [0.1, 0.15) is 0 Å². The van der Waals surface area contributed by atoms with Crippen molar-refractivity contribution in [2.75, 3.05) is 0 Å². The van der Waals surface area contributed by atoms with Gasteiger partial charge in [-0.05, 0) is 16.8 Å². The van der Waals surface area contributed by atoms with Crippen molar-refractivity contribution >= 4 is 28.5 Å². The number of aromatic nitrogens is 3. The van der Waals surface area contributed by atoms with Gasteiger partial charge in [0.25, 0.3) is 0 Å². The molecule has 2 heterocycles. The zero-order valence-electron chi connectivity index (χ0n) is 10.6. The Kier molecular flexibility index (Phi) is 2.44. The van der Waals surface area contributed by atoms with Gasteiger partial charge in [-0.1, -0.05) is 54.7 Å². The lowest BCUT2D eigenvalue weighted by Gasteiger charge is -2.02. The van der Waals surface area contributed by atoms with Gasteiger partial charge in [-0.3, -0.25) is 0 Å². The maximum Gasteiger partial charge on any atom is 0.129 e. The second-order valence-electron chi connectivity index (χ2n) is 4.68. The molecule has 20 heavy (non-hydrogen) atoms. The highest BCUT2D eigenvalue weighted by Crippen LogP contribution is 2.28. The Hall–Kier alpha value is -2.46. The van der Waals surface area contributed by atoms with E-state index in [9.17, 15) is 0 Å². The van der Waals surface area contributed by atoms with Crippen molar-refractivity contribution in [3.63, 3.8) is 0 Å². The molecule has 0 spiro atoms. The third kappa shape index (κ3) is 1.66. The van der Waals surface area contributed by atoms with Crippen LogP contribution in [-0.2, 0) is 0 Å². The first kappa shape index (κ1) is 11.4. The summed E-state index contributed by atoms with van der Waals surface area (Å²) in [6.45, 7) is 0. The van der Waals surface area contributed by atoms with Gasteiger partial charge in [-0.2, -0.15) is 5.10 Å². The zero-order valence-corrected chi connectivity index (χ0v) is 11.4. The van der Waals surface area contributed by atoms with Crippen molar-refractivity contribution in [3.8, 4) is 11.3 Å². The lowest BCUT2D eigenvalue weighted by Crippen LogP contribution is -1.88. The topological polar surface area (TPSA) is 33.1 Å². The summed E-state index contributed by atoms with van der Waals surface area (Å²) in [5.41, 5.74) is 2.99. The van der Waals surface area contributed by atoms with Crippen LogP contribution in [0, 0.1) is 4.64 Å². The van der Waals surface area contributed by atoms with Gasteiger partial charge in [-0.15, -0.1) is 0 Å². The number of benzene rings is 2. The van der Waals surface area contributed by atoms with E-state index in [1.54, 1.807) is 6.20 Å². The standard InChI is InChI=1S/C16H11N3S/c20-16-15-10-14(18-19(15)9-8-17-16)13-7-3-5-11-4-1-2-6-12(11)13/h1-10H,(H,17,20). The molecule has 3 nitrogen and oxygen atoms in total. The maximum absolute atomic E-state index is 5.30. The minimum absolute atomic E-state index is 0.700. The van der Waals surface area contributed by atoms with E-state index < -0.39 is 0 Å². The molecular formula is C16H11N3S. The summed E-state index contributed by atoms with van der Waals surface area (Å²) in [6, 6.07) is 16.6. The van der Waals surface area contributed by atoms with Gasteiger partial charge in [0.05, 0.1) is 5.69 Å². The summed E-state index contributed by atoms with van der Waals surface area (Å²) in [4.78, 5) is 3.03. The van der Waals surface area contributed by atoms with E-state index in [2.05, 4.69) is 40.4 Å². The van der Waals surface area contributed by atoms with E-state index in [1.807, 2.05) is 28.9 Å². The first-order valence-corrected chi connectivity index (χ1v) is 6.79. The van der Waals surface area contributed by atoms with Crippen LogP contribution in [0.2, 0.25) is 0 Å². The van der Waals surface area contributed by atoms with Crippen LogP contribution in [0.4, 0.5) is 0 Å². The molecule has 0 saturated carbocycles. The summed E-state index contributed by atoms with van der Waals surface area (Å²) in [7, 11) is 0. The molecule has 4 rings (SSSR count). The zero-order chi connectivity index (χ0) is 13.5. The summed E-state index contributed by atoms with van der Waals surface area (Å²) in [5.74, 6) is 0. The molecular weight excluding hydrogens is 266 g/mol. The van der Waals surface area contributed by atoms with Crippen LogP contribution in [-0.4, -0.2) is 14.6 Å². The summed E-state index contributed by atoms with van der Waals surface area (Å²) in [5, 5.41) is 7.04. The number of nitrogens with one attached hydrogen (secondary N) is 1. The Labute approximate surface area is 120 Å². The molecule has 0 saturated heterocycles. The lowest BCUT2D eigenvalue weighted by atomic mass is 10.0. The smallest absolute Gasteiger partial charge is 0.129 e. The van der Waals surface area contributed by atoms with Gasteiger partial charge in [-0.25, -0.2) is 4.52 Å². The Morgan fingerprint density at radius 2 is 1.90 bits per heavy atom. The first-order valence-electron chi connectivity index (χ1n) is 6.38. The Bertz CT molecular complexity index is 976. The van der Waals surface area contributed by atoms with Crippen molar-refractivity contribution in [1.82, 2.24) is 14.6 Å². The number of hydrogen-bond acceptors (Lipinski definition) is 2. The van der Waals surface area contributed by atoms with Gasteiger partial charge in [0.15, 0.2) is 0 Å². The molecule has 2 aromatic carbocycles. The molecule has 0 aliphatic rings. The molecule has 0 aliphatic carbocycles. The molecule has 0 fully saturated rings. The molecule has 0 bridgehead atoms. The van der Waals surface area contributed by atoms with Crippen molar-refractivity contribution in [3.05, 3.63) is 65.6 Å². The number of rotatable bonds is 1. The maximum atomic E-state index is 5.30. The van der Waals surface area contributed by atoms with Crippen molar-refractivity contribution in [2.45, 2.75) is 0 Å². The minimum atomic E-state index is 0.700. The molecule has 0 aliphatic heterocycles. The summed E-state index contributed by atoms with van der Waals surface area (Å²) < 4.78 is 2.52.